The van der Waals surface area contributed by atoms with Crippen molar-refractivity contribution in [1.82, 2.24) is 19.6 Å². The van der Waals surface area contributed by atoms with E-state index < -0.39 is 0 Å². The van der Waals surface area contributed by atoms with Crippen LogP contribution in [0.4, 0.5) is 4.39 Å². The zero-order chi connectivity index (χ0) is 22.9. The van der Waals surface area contributed by atoms with Crippen molar-refractivity contribution < 1.29 is 23.0 Å². The molecule has 33 heavy (non-hydrogen) atoms. The van der Waals surface area contributed by atoms with Gasteiger partial charge in [0, 0.05) is 17.3 Å². The number of ether oxygens (including phenoxy) is 3. The smallest absolute Gasteiger partial charge is 0.267 e. The normalized spacial score (nSPS) is 11.0. The summed E-state index contributed by atoms with van der Waals surface area (Å²) in [6.07, 6.45) is 1.86. The van der Waals surface area contributed by atoms with Crippen molar-refractivity contribution in [3.63, 3.8) is 0 Å². The Balaban J connectivity index is 1.66. The number of methoxy groups -OCH3 is 3. The lowest BCUT2D eigenvalue weighted by molar-refractivity contribution is 0.324. The summed E-state index contributed by atoms with van der Waals surface area (Å²) in [7, 11) is 4.61. The molecule has 9 heteroatoms. The number of hydrogen-bond donors (Lipinski definition) is 0. The molecular formula is C24H19FN4O4. The zero-order valence-electron chi connectivity index (χ0n) is 18.1. The molecule has 3 heterocycles. The molecule has 0 aliphatic heterocycles. The number of rotatable bonds is 6. The quantitative estimate of drug-likeness (QED) is 0.367. The van der Waals surface area contributed by atoms with Crippen molar-refractivity contribution in [1.29, 1.82) is 0 Å². The minimum atomic E-state index is -0.327. The van der Waals surface area contributed by atoms with Crippen molar-refractivity contribution in [2.45, 2.75) is 0 Å². The molecule has 0 N–H and O–H groups in total. The second kappa shape index (κ2) is 8.27. The fourth-order valence-corrected chi connectivity index (χ4v) is 3.65. The Morgan fingerprint density at radius 3 is 2.18 bits per heavy atom. The molecule has 166 valence electrons. The number of aromatic nitrogens is 4. The summed E-state index contributed by atoms with van der Waals surface area (Å²) in [6.45, 7) is 0. The van der Waals surface area contributed by atoms with Gasteiger partial charge in [-0.3, -0.25) is 4.40 Å². The molecule has 8 nitrogen and oxygen atoms in total. The lowest BCUT2D eigenvalue weighted by Gasteiger charge is -2.12. The Kier molecular flexibility index (Phi) is 5.14. The Bertz CT molecular complexity index is 1420. The second-order valence-electron chi connectivity index (χ2n) is 7.07. The molecule has 0 saturated heterocycles. The number of halogens is 1. The van der Waals surface area contributed by atoms with Gasteiger partial charge in [-0.2, -0.15) is 0 Å². The van der Waals surface area contributed by atoms with Crippen LogP contribution in [0.1, 0.15) is 0 Å². The molecule has 0 aliphatic rings. The van der Waals surface area contributed by atoms with Crippen molar-refractivity contribution in [2.24, 2.45) is 0 Å². The highest BCUT2D eigenvalue weighted by Gasteiger charge is 2.23. The molecule has 0 unspecified atom stereocenters. The van der Waals surface area contributed by atoms with Gasteiger partial charge in [-0.25, -0.2) is 9.37 Å². The largest absolute Gasteiger partial charge is 0.493 e. The summed E-state index contributed by atoms with van der Waals surface area (Å²) in [5, 5.41) is 8.51. The first kappa shape index (κ1) is 20.5. The average Bonchev–Trinajstić information content (AvgIpc) is 3.48. The molecule has 0 aliphatic carbocycles. The maximum absolute atomic E-state index is 13.5. The molecule has 0 amide bonds. The predicted octanol–water partition coefficient (Wildman–Crippen LogP) is 4.88. The Morgan fingerprint density at radius 2 is 1.52 bits per heavy atom. The van der Waals surface area contributed by atoms with Crippen molar-refractivity contribution >= 4 is 5.65 Å². The first-order valence-electron chi connectivity index (χ1n) is 10.00. The van der Waals surface area contributed by atoms with Crippen LogP contribution >= 0.6 is 0 Å². The van der Waals surface area contributed by atoms with Crippen LogP contribution in [-0.2, 0) is 0 Å². The average molecular weight is 446 g/mol. The minimum absolute atomic E-state index is 0.261. The van der Waals surface area contributed by atoms with Crippen LogP contribution in [-0.4, -0.2) is 40.9 Å². The van der Waals surface area contributed by atoms with E-state index in [-0.39, 0.29) is 17.6 Å². The van der Waals surface area contributed by atoms with Gasteiger partial charge in [0.25, 0.3) is 5.89 Å². The summed E-state index contributed by atoms with van der Waals surface area (Å²) in [5.74, 6) is 1.59. The molecule has 3 aromatic heterocycles. The van der Waals surface area contributed by atoms with Crippen LogP contribution in [0.2, 0.25) is 0 Å². The SMILES string of the molecule is COc1cc(-c2nnc(-c3c(-c4ccc(F)cc4)nc4ccccn34)o2)cc(OC)c1OC. The van der Waals surface area contributed by atoms with E-state index in [9.17, 15) is 4.39 Å². The number of fused-ring (bicyclic) bond motifs is 1. The van der Waals surface area contributed by atoms with Crippen LogP contribution in [0.25, 0.3) is 39.9 Å². The van der Waals surface area contributed by atoms with E-state index in [4.69, 9.17) is 23.6 Å². The van der Waals surface area contributed by atoms with Gasteiger partial charge in [-0.15, -0.1) is 10.2 Å². The van der Waals surface area contributed by atoms with E-state index in [0.717, 1.165) is 5.56 Å². The highest BCUT2D eigenvalue weighted by molar-refractivity contribution is 5.79. The van der Waals surface area contributed by atoms with Crippen LogP contribution < -0.4 is 14.2 Å². The molecule has 2 aromatic carbocycles. The molecule has 0 radical (unpaired) electrons. The number of hydrogen-bond acceptors (Lipinski definition) is 7. The molecule has 5 rings (SSSR count). The van der Waals surface area contributed by atoms with E-state index >= 15 is 0 Å². The van der Waals surface area contributed by atoms with Crippen molar-refractivity contribution in [2.75, 3.05) is 21.3 Å². The topological polar surface area (TPSA) is 83.9 Å². The van der Waals surface area contributed by atoms with Gasteiger partial charge >= 0.3 is 0 Å². The number of imidazole rings is 1. The Morgan fingerprint density at radius 1 is 0.818 bits per heavy atom. The first-order valence-corrected chi connectivity index (χ1v) is 10.00. The monoisotopic (exact) mass is 446 g/mol. The van der Waals surface area contributed by atoms with Crippen molar-refractivity contribution in [3.8, 4) is 51.5 Å². The first-order chi connectivity index (χ1) is 16.1. The van der Waals surface area contributed by atoms with E-state index in [1.807, 2.05) is 28.8 Å². The summed E-state index contributed by atoms with van der Waals surface area (Å²) < 4.78 is 37.7. The molecule has 0 bridgehead atoms. The van der Waals surface area contributed by atoms with E-state index in [1.54, 1.807) is 24.3 Å². The standard InChI is InChI=1S/C24H19FN4O4/c1-30-17-12-15(13-18(31-2)22(17)32-3)23-27-28-24(33-23)21-20(14-7-9-16(25)10-8-14)26-19-6-4-5-11-29(19)21/h4-13H,1-3H3. The van der Waals surface area contributed by atoms with Gasteiger partial charge in [-0.05, 0) is 48.5 Å². The Labute approximate surface area is 188 Å². The summed E-state index contributed by atoms with van der Waals surface area (Å²) in [4.78, 5) is 4.70. The molecular weight excluding hydrogens is 427 g/mol. The maximum atomic E-state index is 13.5. The van der Waals surface area contributed by atoms with Gasteiger partial charge in [0.2, 0.25) is 11.6 Å². The predicted molar refractivity (Wildman–Crippen MR) is 119 cm³/mol. The lowest BCUT2D eigenvalue weighted by Crippen LogP contribution is -1.95. The van der Waals surface area contributed by atoms with E-state index in [2.05, 4.69) is 10.2 Å². The third-order valence-corrected chi connectivity index (χ3v) is 5.19. The lowest BCUT2D eigenvalue weighted by atomic mass is 10.1. The third kappa shape index (κ3) is 3.53. The van der Waals surface area contributed by atoms with Crippen LogP contribution in [0.3, 0.4) is 0 Å². The molecule has 5 aromatic rings. The van der Waals surface area contributed by atoms with Crippen LogP contribution in [0.5, 0.6) is 17.2 Å². The molecule has 0 atom stereocenters. The maximum Gasteiger partial charge on any atom is 0.267 e. The van der Waals surface area contributed by atoms with Gasteiger partial charge in [0.05, 0.1) is 21.3 Å². The molecule has 0 fully saturated rings. The molecule has 0 spiro atoms. The van der Waals surface area contributed by atoms with Gasteiger partial charge < -0.3 is 18.6 Å². The summed E-state index contributed by atoms with van der Waals surface area (Å²) in [6, 6.07) is 15.2. The second-order valence-corrected chi connectivity index (χ2v) is 7.07. The number of pyridine rings is 1. The van der Waals surface area contributed by atoms with Gasteiger partial charge in [0.1, 0.15) is 22.9 Å². The van der Waals surface area contributed by atoms with Gasteiger partial charge in [0.15, 0.2) is 11.5 Å². The molecule has 0 saturated carbocycles. The fourth-order valence-electron chi connectivity index (χ4n) is 3.65. The fraction of sp³-hybridized carbons (Fsp3) is 0.125. The highest BCUT2D eigenvalue weighted by Crippen LogP contribution is 2.41. The third-order valence-electron chi connectivity index (χ3n) is 5.19. The Hall–Kier alpha value is -4.40. The zero-order valence-corrected chi connectivity index (χ0v) is 18.1. The van der Waals surface area contributed by atoms with E-state index in [0.29, 0.717) is 39.8 Å². The van der Waals surface area contributed by atoms with Crippen LogP contribution in [0, 0.1) is 5.82 Å². The minimum Gasteiger partial charge on any atom is -0.493 e. The summed E-state index contributed by atoms with van der Waals surface area (Å²) in [5.41, 5.74) is 3.21. The number of nitrogens with zero attached hydrogens (tertiary/aromatic N) is 4. The van der Waals surface area contributed by atoms with Crippen molar-refractivity contribution in [3.05, 3.63) is 66.6 Å². The van der Waals surface area contributed by atoms with E-state index in [1.165, 1.54) is 33.5 Å². The number of benzene rings is 2. The summed E-state index contributed by atoms with van der Waals surface area (Å²) >= 11 is 0. The van der Waals surface area contributed by atoms with Gasteiger partial charge in [-0.1, -0.05) is 6.07 Å². The van der Waals surface area contributed by atoms with Crippen LogP contribution in [0.15, 0.2) is 65.2 Å². The highest BCUT2D eigenvalue weighted by atomic mass is 19.1.